The van der Waals surface area contributed by atoms with Gasteiger partial charge in [0.2, 0.25) is 0 Å². The number of rotatable bonds is 3. The van der Waals surface area contributed by atoms with Gasteiger partial charge in [-0.05, 0) is 31.0 Å². The molecule has 1 aliphatic heterocycles. The Morgan fingerprint density at radius 2 is 1.89 bits per heavy atom. The third kappa shape index (κ3) is 3.14. The lowest BCUT2D eigenvalue weighted by atomic mass is 10.1. The van der Waals surface area contributed by atoms with Gasteiger partial charge >= 0.3 is 0 Å². The average molecular weight is 271 g/mol. The summed E-state index contributed by atoms with van der Waals surface area (Å²) in [6.07, 6.45) is 0.609. The summed E-state index contributed by atoms with van der Waals surface area (Å²) in [6.45, 7) is 1.87. The molecule has 0 spiro atoms. The number of phenolic OH excluding ortho intramolecular Hbond substituents is 2. The molecule has 6 heteroatoms. The lowest BCUT2D eigenvalue weighted by Gasteiger charge is -2.19. The first-order valence-corrected chi connectivity index (χ1v) is 7.67. The molecule has 2 rings (SSSR count). The fourth-order valence-corrected chi connectivity index (χ4v) is 3.93. The molecule has 1 fully saturated rings. The predicted octanol–water partition coefficient (Wildman–Crippen LogP) is 0.935. The lowest BCUT2D eigenvalue weighted by Crippen LogP contribution is -2.32. The molecule has 1 aromatic rings. The molecule has 100 valence electrons. The maximum Gasteiger partial charge on any atom is 0.151 e. The second-order valence-electron chi connectivity index (χ2n) is 4.77. The Hall–Kier alpha value is -1.27. The molecule has 0 amide bonds. The maximum atomic E-state index is 11.3. The molecule has 1 aliphatic rings. The Morgan fingerprint density at radius 1 is 1.28 bits per heavy atom. The zero-order valence-electron chi connectivity index (χ0n) is 10.1. The predicted molar refractivity (Wildman–Crippen MR) is 68.4 cm³/mol. The van der Waals surface area contributed by atoms with Crippen LogP contribution in [0.2, 0.25) is 0 Å². The topological polar surface area (TPSA) is 86.6 Å². The molecule has 3 N–H and O–H groups in total. The van der Waals surface area contributed by atoms with Crippen LogP contribution in [0.3, 0.4) is 0 Å². The van der Waals surface area contributed by atoms with Crippen LogP contribution in [0.1, 0.15) is 24.9 Å². The molecular weight excluding hydrogens is 254 g/mol. The minimum atomic E-state index is -2.90. The van der Waals surface area contributed by atoms with E-state index in [1.807, 2.05) is 6.92 Å². The van der Waals surface area contributed by atoms with Gasteiger partial charge in [0.15, 0.2) is 9.84 Å². The van der Waals surface area contributed by atoms with E-state index in [4.69, 9.17) is 0 Å². The first-order valence-electron chi connectivity index (χ1n) is 5.85. The van der Waals surface area contributed by atoms with Crippen LogP contribution in [-0.4, -0.2) is 36.2 Å². The molecule has 0 bridgehead atoms. The van der Waals surface area contributed by atoms with Crippen molar-refractivity contribution in [3.63, 3.8) is 0 Å². The average Bonchev–Trinajstić information content (AvgIpc) is 2.56. The van der Waals surface area contributed by atoms with Gasteiger partial charge in [-0.1, -0.05) is 0 Å². The summed E-state index contributed by atoms with van der Waals surface area (Å²) in [5.74, 6) is 0.376. The molecule has 2 unspecified atom stereocenters. The van der Waals surface area contributed by atoms with Crippen LogP contribution in [0.15, 0.2) is 18.2 Å². The van der Waals surface area contributed by atoms with Gasteiger partial charge in [0.1, 0.15) is 11.5 Å². The smallest absolute Gasteiger partial charge is 0.151 e. The Kier molecular flexibility index (Phi) is 3.49. The van der Waals surface area contributed by atoms with Gasteiger partial charge in [-0.15, -0.1) is 0 Å². The summed E-state index contributed by atoms with van der Waals surface area (Å²) in [7, 11) is -2.90. The standard InChI is InChI=1S/C12H17NO4S/c1-8(9-4-11(14)6-12(15)5-9)13-10-2-3-18(16,17)7-10/h4-6,8,10,13-15H,2-3,7H2,1H3. The number of hydrogen-bond donors (Lipinski definition) is 3. The summed E-state index contributed by atoms with van der Waals surface area (Å²) < 4.78 is 22.7. The Balaban J connectivity index is 2.06. The van der Waals surface area contributed by atoms with Crippen LogP contribution in [0, 0.1) is 0 Å². The summed E-state index contributed by atoms with van der Waals surface area (Å²) >= 11 is 0. The van der Waals surface area contributed by atoms with E-state index in [2.05, 4.69) is 5.32 Å². The van der Waals surface area contributed by atoms with Crippen LogP contribution < -0.4 is 5.32 Å². The molecule has 2 atom stereocenters. The number of phenols is 2. The van der Waals surface area contributed by atoms with E-state index in [1.54, 1.807) is 12.1 Å². The van der Waals surface area contributed by atoms with E-state index < -0.39 is 9.84 Å². The van der Waals surface area contributed by atoms with E-state index in [0.29, 0.717) is 6.42 Å². The first-order chi connectivity index (χ1) is 8.35. The molecule has 5 nitrogen and oxygen atoms in total. The Morgan fingerprint density at radius 3 is 2.39 bits per heavy atom. The molecule has 0 aliphatic carbocycles. The van der Waals surface area contributed by atoms with Crippen LogP contribution in [0.5, 0.6) is 11.5 Å². The molecule has 1 aromatic carbocycles. The zero-order valence-corrected chi connectivity index (χ0v) is 10.9. The fraction of sp³-hybridized carbons (Fsp3) is 0.500. The maximum absolute atomic E-state index is 11.3. The monoisotopic (exact) mass is 271 g/mol. The highest BCUT2D eigenvalue weighted by molar-refractivity contribution is 7.91. The SMILES string of the molecule is CC(NC1CCS(=O)(=O)C1)c1cc(O)cc(O)c1. The zero-order chi connectivity index (χ0) is 13.3. The van der Waals surface area contributed by atoms with Gasteiger partial charge in [-0.25, -0.2) is 8.42 Å². The Bertz CT molecular complexity index is 521. The molecule has 0 saturated carbocycles. The van der Waals surface area contributed by atoms with Crippen molar-refractivity contribution in [2.75, 3.05) is 11.5 Å². The van der Waals surface area contributed by atoms with Crippen molar-refractivity contribution in [2.45, 2.75) is 25.4 Å². The van der Waals surface area contributed by atoms with Crippen molar-refractivity contribution >= 4 is 9.84 Å². The second kappa shape index (κ2) is 4.78. The number of hydrogen-bond acceptors (Lipinski definition) is 5. The van der Waals surface area contributed by atoms with Crippen molar-refractivity contribution in [1.29, 1.82) is 0 Å². The summed E-state index contributed by atoms with van der Waals surface area (Å²) in [6, 6.07) is 4.19. The van der Waals surface area contributed by atoms with E-state index >= 15 is 0 Å². The van der Waals surface area contributed by atoms with Gasteiger partial charge < -0.3 is 15.5 Å². The highest BCUT2D eigenvalue weighted by Crippen LogP contribution is 2.25. The summed E-state index contributed by atoms with van der Waals surface area (Å²) in [5.41, 5.74) is 0.733. The van der Waals surface area contributed by atoms with Crippen molar-refractivity contribution in [2.24, 2.45) is 0 Å². The van der Waals surface area contributed by atoms with Crippen LogP contribution in [0.25, 0.3) is 0 Å². The molecule has 0 aromatic heterocycles. The molecule has 18 heavy (non-hydrogen) atoms. The normalized spacial score (nSPS) is 23.9. The molecular formula is C12H17NO4S. The van der Waals surface area contributed by atoms with Crippen molar-refractivity contribution in [1.82, 2.24) is 5.32 Å². The van der Waals surface area contributed by atoms with Crippen molar-refractivity contribution in [3.8, 4) is 11.5 Å². The number of aromatic hydroxyl groups is 2. The van der Waals surface area contributed by atoms with Gasteiger partial charge in [-0.3, -0.25) is 0 Å². The van der Waals surface area contributed by atoms with Crippen molar-refractivity contribution in [3.05, 3.63) is 23.8 Å². The van der Waals surface area contributed by atoms with Gasteiger partial charge in [-0.2, -0.15) is 0 Å². The minimum absolute atomic E-state index is 0.00214. The molecule has 0 radical (unpaired) electrons. The lowest BCUT2D eigenvalue weighted by molar-refractivity contribution is 0.441. The van der Waals surface area contributed by atoms with Crippen LogP contribution in [0.4, 0.5) is 0 Å². The van der Waals surface area contributed by atoms with Crippen LogP contribution in [-0.2, 0) is 9.84 Å². The highest BCUT2D eigenvalue weighted by Gasteiger charge is 2.28. The van der Waals surface area contributed by atoms with E-state index in [1.165, 1.54) is 6.07 Å². The number of benzene rings is 1. The van der Waals surface area contributed by atoms with Crippen LogP contribution >= 0.6 is 0 Å². The number of sulfone groups is 1. The highest BCUT2D eigenvalue weighted by atomic mass is 32.2. The third-order valence-corrected chi connectivity index (χ3v) is 4.91. The van der Waals surface area contributed by atoms with E-state index in [9.17, 15) is 18.6 Å². The largest absolute Gasteiger partial charge is 0.508 e. The number of nitrogens with one attached hydrogen (secondary N) is 1. The molecule has 1 saturated heterocycles. The van der Waals surface area contributed by atoms with Gasteiger partial charge in [0.25, 0.3) is 0 Å². The summed E-state index contributed by atoms with van der Waals surface area (Å²) in [4.78, 5) is 0. The van der Waals surface area contributed by atoms with Gasteiger partial charge in [0.05, 0.1) is 11.5 Å². The molecule has 1 heterocycles. The third-order valence-electron chi connectivity index (χ3n) is 3.14. The van der Waals surface area contributed by atoms with E-state index in [0.717, 1.165) is 5.56 Å². The fourth-order valence-electron chi connectivity index (χ4n) is 2.24. The van der Waals surface area contributed by atoms with Crippen molar-refractivity contribution < 1.29 is 18.6 Å². The second-order valence-corrected chi connectivity index (χ2v) is 7.00. The summed E-state index contributed by atoms with van der Waals surface area (Å²) in [5, 5.41) is 22.0. The minimum Gasteiger partial charge on any atom is -0.508 e. The van der Waals surface area contributed by atoms with Gasteiger partial charge in [0, 0.05) is 18.2 Å². The van der Waals surface area contributed by atoms with E-state index in [-0.39, 0.29) is 35.1 Å². The first kappa shape index (κ1) is 13.2. The Labute approximate surface area is 106 Å². The quantitative estimate of drug-likeness (QED) is 0.761.